The Morgan fingerprint density at radius 3 is 2.95 bits per heavy atom. The summed E-state index contributed by atoms with van der Waals surface area (Å²) in [6.07, 6.45) is 3.55. The van der Waals surface area contributed by atoms with Gasteiger partial charge in [-0.05, 0) is 38.4 Å². The molecule has 0 bridgehead atoms. The summed E-state index contributed by atoms with van der Waals surface area (Å²) >= 11 is 0. The lowest BCUT2D eigenvalue weighted by molar-refractivity contribution is 0.462. The number of hydrogen-bond donors (Lipinski definition) is 1. The molecule has 2 aromatic rings. The van der Waals surface area contributed by atoms with Crippen LogP contribution in [-0.4, -0.2) is 22.4 Å². The Labute approximate surface area is 113 Å². The van der Waals surface area contributed by atoms with Crippen LogP contribution in [0.25, 0.3) is 10.9 Å². The Kier molecular flexibility index (Phi) is 4.68. The summed E-state index contributed by atoms with van der Waals surface area (Å²) in [6, 6.07) is 8.10. The minimum Gasteiger partial charge on any atom is -0.314 e. The predicted octanol–water partition coefficient (Wildman–Crippen LogP) is 2.17. The average molecular weight is 259 g/mol. The molecule has 0 fully saturated rings. The van der Waals surface area contributed by atoms with Crippen LogP contribution >= 0.6 is 0 Å². The van der Waals surface area contributed by atoms with Crippen LogP contribution in [0.5, 0.6) is 0 Å². The molecule has 0 saturated heterocycles. The van der Waals surface area contributed by atoms with E-state index in [1.54, 1.807) is 0 Å². The first kappa shape index (κ1) is 13.7. The van der Waals surface area contributed by atoms with Gasteiger partial charge in [-0.2, -0.15) is 5.10 Å². The summed E-state index contributed by atoms with van der Waals surface area (Å²) in [6.45, 7) is 6.20. The van der Waals surface area contributed by atoms with Crippen molar-refractivity contribution in [2.45, 2.75) is 39.3 Å². The molecule has 0 amide bonds. The number of nitrogens with one attached hydrogen (secondary N) is 1. The van der Waals surface area contributed by atoms with Gasteiger partial charge in [0.05, 0.1) is 11.7 Å². The standard InChI is InChI=1S/C15H21N3O/c1-3-9-16-12(2)8-10-18-14-7-5-4-6-13(14)15(19)11-17-18/h4-7,11-12,16H,3,8-10H2,1-2H3. The number of nitrogens with zero attached hydrogens (tertiary/aromatic N) is 2. The average Bonchev–Trinajstić information content (AvgIpc) is 2.45. The Bertz CT molecular complexity index is 591. The van der Waals surface area contributed by atoms with Crippen molar-refractivity contribution in [3.05, 3.63) is 40.7 Å². The maximum atomic E-state index is 11.7. The number of rotatable bonds is 6. The number of benzene rings is 1. The van der Waals surface area contributed by atoms with Gasteiger partial charge in [0, 0.05) is 18.0 Å². The second kappa shape index (κ2) is 6.48. The first-order chi connectivity index (χ1) is 9.22. The Balaban J connectivity index is 2.13. The van der Waals surface area contributed by atoms with Crippen LogP contribution in [0.15, 0.2) is 35.3 Å². The molecular formula is C15H21N3O. The molecule has 1 unspecified atom stereocenters. The van der Waals surface area contributed by atoms with Crippen molar-refractivity contribution in [1.82, 2.24) is 15.1 Å². The molecule has 0 aliphatic rings. The number of para-hydroxylation sites is 1. The van der Waals surface area contributed by atoms with Crippen LogP contribution < -0.4 is 10.7 Å². The van der Waals surface area contributed by atoms with Crippen molar-refractivity contribution in [2.75, 3.05) is 6.54 Å². The summed E-state index contributed by atoms with van der Waals surface area (Å²) in [5.74, 6) is 0. The minimum absolute atomic E-state index is 0.0102. The molecule has 19 heavy (non-hydrogen) atoms. The number of fused-ring (bicyclic) bond motifs is 1. The third-order valence-corrected chi connectivity index (χ3v) is 3.28. The van der Waals surface area contributed by atoms with E-state index in [4.69, 9.17) is 0 Å². The molecule has 1 atom stereocenters. The van der Waals surface area contributed by atoms with Gasteiger partial charge in [-0.15, -0.1) is 0 Å². The van der Waals surface area contributed by atoms with Crippen molar-refractivity contribution in [2.24, 2.45) is 0 Å². The third-order valence-electron chi connectivity index (χ3n) is 3.28. The van der Waals surface area contributed by atoms with Gasteiger partial charge in [0.15, 0.2) is 0 Å². The van der Waals surface area contributed by atoms with Gasteiger partial charge in [0.1, 0.15) is 0 Å². The Hall–Kier alpha value is -1.68. The second-order valence-corrected chi connectivity index (χ2v) is 4.89. The molecule has 0 spiro atoms. The lowest BCUT2D eigenvalue weighted by Crippen LogP contribution is -2.28. The smallest absolute Gasteiger partial charge is 0.207 e. The molecule has 0 saturated carbocycles. The molecule has 1 heterocycles. The summed E-state index contributed by atoms with van der Waals surface area (Å²) in [5.41, 5.74) is 0.904. The van der Waals surface area contributed by atoms with Gasteiger partial charge in [-0.25, -0.2) is 0 Å². The largest absolute Gasteiger partial charge is 0.314 e. The third kappa shape index (κ3) is 3.41. The summed E-state index contributed by atoms with van der Waals surface area (Å²) in [4.78, 5) is 11.7. The number of aryl methyl sites for hydroxylation is 1. The number of hydrogen-bond acceptors (Lipinski definition) is 3. The van der Waals surface area contributed by atoms with Crippen LogP contribution in [0.3, 0.4) is 0 Å². The summed E-state index contributed by atoms with van der Waals surface area (Å²) in [5, 5.41) is 8.44. The van der Waals surface area contributed by atoms with E-state index >= 15 is 0 Å². The van der Waals surface area contributed by atoms with Gasteiger partial charge in [0.2, 0.25) is 5.43 Å². The molecule has 0 aliphatic carbocycles. The first-order valence-corrected chi connectivity index (χ1v) is 6.90. The van der Waals surface area contributed by atoms with Crippen molar-refractivity contribution in [3.63, 3.8) is 0 Å². The van der Waals surface area contributed by atoms with Crippen LogP contribution in [0.1, 0.15) is 26.7 Å². The topological polar surface area (TPSA) is 46.9 Å². The minimum atomic E-state index is -0.0102. The van der Waals surface area contributed by atoms with Crippen LogP contribution in [0.4, 0.5) is 0 Å². The maximum Gasteiger partial charge on any atom is 0.207 e. The monoisotopic (exact) mass is 259 g/mol. The lowest BCUT2D eigenvalue weighted by Gasteiger charge is -2.15. The molecule has 1 aromatic carbocycles. The van der Waals surface area contributed by atoms with E-state index in [1.165, 1.54) is 6.20 Å². The van der Waals surface area contributed by atoms with E-state index < -0.39 is 0 Å². The highest BCUT2D eigenvalue weighted by atomic mass is 16.1. The van der Waals surface area contributed by atoms with E-state index in [1.807, 2.05) is 28.9 Å². The highest BCUT2D eigenvalue weighted by Crippen LogP contribution is 2.08. The molecule has 4 heteroatoms. The molecule has 0 radical (unpaired) electrons. The van der Waals surface area contributed by atoms with Crippen molar-refractivity contribution >= 4 is 10.9 Å². The van der Waals surface area contributed by atoms with Gasteiger partial charge >= 0.3 is 0 Å². The zero-order chi connectivity index (χ0) is 13.7. The first-order valence-electron chi connectivity index (χ1n) is 6.90. The Morgan fingerprint density at radius 2 is 2.16 bits per heavy atom. The van der Waals surface area contributed by atoms with E-state index in [2.05, 4.69) is 24.3 Å². The predicted molar refractivity (Wildman–Crippen MR) is 78.4 cm³/mol. The summed E-state index contributed by atoms with van der Waals surface area (Å²) < 4.78 is 1.92. The van der Waals surface area contributed by atoms with Gasteiger partial charge in [-0.1, -0.05) is 19.1 Å². The van der Waals surface area contributed by atoms with Gasteiger partial charge in [0.25, 0.3) is 0 Å². The highest BCUT2D eigenvalue weighted by molar-refractivity contribution is 5.77. The van der Waals surface area contributed by atoms with Crippen LogP contribution in [0.2, 0.25) is 0 Å². The molecule has 0 aliphatic heterocycles. The fourth-order valence-corrected chi connectivity index (χ4v) is 2.15. The van der Waals surface area contributed by atoms with Gasteiger partial charge in [-0.3, -0.25) is 9.48 Å². The Morgan fingerprint density at radius 1 is 1.37 bits per heavy atom. The fourth-order valence-electron chi connectivity index (χ4n) is 2.15. The molecular weight excluding hydrogens is 238 g/mol. The molecule has 1 N–H and O–H groups in total. The van der Waals surface area contributed by atoms with Crippen LogP contribution in [0, 0.1) is 0 Å². The molecule has 4 nitrogen and oxygen atoms in total. The highest BCUT2D eigenvalue weighted by Gasteiger charge is 2.05. The van der Waals surface area contributed by atoms with Crippen LogP contribution in [-0.2, 0) is 6.54 Å². The number of aromatic nitrogens is 2. The van der Waals surface area contributed by atoms with E-state index in [-0.39, 0.29) is 5.43 Å². The zero-order valence-electron chi connectivity index (χ0n) is 11.6. The van der Waals surface area contributed by atoms with Gasteiger partial charge < -0.3 is 5.32 Å². The maximum absolute atomic E-state index is 11.7. The molecule has 2 rings (SSSR count). The SMILES string of the molecule is CCCNC(C)CCn1ncc(=O)c2ccccc21. The molecule has 102 valence electrons. The molecule has 1 aromatic heterocycles. The van der Waals surface area contributed by atoms with E-state index in [9.17, 15) is 4.79 Å². The summed E-state index contributed by atoms with van der Waals surface area (Å²) in [7, 11) is 0. The van der Waals surface area contributed by atoms with Crippen molar-refractivity contribution in [3.8, 4) is 0 Å². The quantitative estimate of drug-likeness (QED) is 0.865. The fraction of sp³-hybridized carbons (Fsp3) is 0.467. The van der Waals surface area contributed by atoms with Crippen molar-refractivity contribution < 1.29 is 0 Å². The lowest BCUT2D eigenvalue weighted by atomic mass is 10.2. The normalized spacial score (nSPS) is 12.7. The zero-order valence-corrected chi connectivity index (χ0v) is 11.6. The second-order valence-electron chi connectivity index (χ2n) is 4.89. The van der Waals surface area contributed by atoms with E-state index in [0.29, 0.717) is 6.04 Å². The van der Waals surface area contributed by atoms with E-state index in [0.717, 1.165) is 36.8 Å². The van der Waals surface area contributed by atoms with Crippen molar-refractivity contribution in [1.29, 1.82) is 0 Å².